The first-order valence-corrected chi connectivity index (χ1v) is 4.29. The quantitative estimate of drug-likeness (QED) is 0.693. The van der Waals surface area contributed by atoms with Crippen LogP contribution in [0.15, 0.2) is 29.6 Å². The van der Waals surface area contributed by atoms with E-state index in [1.165, 1.54) is 0 Å². The zero-order valence-electron chi connectivity index (χ0n) is 7.51. The van der Waals surface area contributed by atoms with Crippen LogP contribution in [0.2, 0.25) is 0 Å². The first-order chi connectivity index (χ1) is 6.27. The zero-order chi connectivity index (χ0) is 9.26. The van der Waals surface area contributed by atoms with Crippen LogP contribution in [0.3, 0.4) is 0 Å². The fourth-order valence-corrected chi connectivity index (χ4v) is 1.48. The van der Waals surface area contributed by atoms with E-state index >= 15 is 0 Å². The summed E-state index contributed by atoms with van der Waals surface area (Å²) < 4.78 is 0. The molecule has 1 aromatic rings. The molecule has 1 aliphatic heterocycles. The number of aromatic nitrogens is 1. The Labute approximate surface area is 77.1 Å². The fourth-order valence-electron chi connectivity index (χ4n) is 1.48. The van der Waals surface area contributed by atoms with Crippen molar-refractivity contribution in [3.63, 3.8) is 0 Å². The highest BCUT2D eigenvalue weighted by Gasteiger charge is 2.21. The summed E-state index contributed by atoms with van der Waals surface area (Å²) in [5.41, 5.74) is 6.69. The van der Waals surface area contributed by atoms with E-state index in [2.05, 4.69) is 17.0 Å². The molecule has 0 aromatic carbocycles. The van der Waals surface area contributed by atoms with Crippen LogP contribution in [0.4, 0.5) is 5.69 Å². The number of rotatable bonds is 1. The molecule has 0 amide bonds. The van der Waals surface area contributed by atoms with Crippen molar-refractivity contribution in [1.82, 2.24) is 4.98 Å². The number of amidine groups is 1. The second-order valence-corrected chi connectivity index (χ2v) is 3.19. The molecule has 2 N–H and O–H groups in total. The summed E-state index contributed by atoms with van der Waals surface area (Å²) in [6.45, 7) is 2.10. The third-order valence-electron chi connectivity index (χ3n) is 2.09. The van der Waals surface area contributed by atoms with E-state index in [1.807, 2.05) is 17.1 Å². The molecule has 4 nitrogen and oxygen atoms in total. The molecule has 0 saturated carbocycles. The summed E-state index contributed by atoms with van der Waals surface area (Å²) in [7, 11) is 0. The van der Waals surface area contributed by atoms with Gasteiger partial charge in [0.05, 0.1) is 11.7 Å². The molecular formula is C9H12N4. The van der Waals surface area contributed by atoms with E-state index in [0.29, 0.717) is 11.9 Å². The second-order valence-electron chi connectivity index (χ2n) is 3.19. The van der Waals surface area contributed by atoms with E-state index in [-0.39, 0.29) is 0 Å². The monoisotopic (exact) mass is 176 g/mol. The first-order valence-electron chi connectivity index (χ1n) is 4.29. The minimum absolute atomic E-state index is 0.349. The number of hydrogen-bond donors (Lipinski definition) is 1. The Kier molecular flexibility index (Phi) is 1.88. The van der Waals surface area contributed by atoms with E-state index in [9.17, 15) is 0 Å². The van der Waals surface area contributed by atoms with Gasteiger partial charge in [-0.05, 0) is 19.1 Å². The van der Waals surface area contributed by atoms with Crippen molar-refractivity contribution in [2.24, 2.45) is 10.8 Å². The van der Waals surface area contributed by atoms with Gasteiger partial charge in [-0.3, -0.25) is 9.99 Å². The summed E-state index contributed by atoms with van der Waals surface area (Å²) in [6.07, 6.45) is 4.35. The number of nitrogens with zero attached hydrogens (tertiary/aromatic N) is 3. The molecule has 0 aliphatic carbocycles. The van der Waals surface area contributed by atoms with Gasteiger partial charge in [-0.1, -0.05) is 0 Å². The maximum atomic E-state index is 5.65. The Hall–Kier alpha value is -1.58. The topological polar surface area (TPSA) is 54.5 Å². The van der Waals surface area contributed by atoms with Crippen LogP contribution in [0.1, 0.15) is 13.3 Å². The van der Waals surface area contributed by atoms with Gasteiger partial charge < -0.3 is 5.73 Å². The van der Waals surface area contributed by atoms with Gasteiger partial charge in [-0.15, -0.1) is 0 Å². The van der Waals surface area contributed by atoms with Gasteiger partial charge in [0.25, 0.3) is 0 Å². The molecule has 68 valence electrons. The normalized spacial score (nSPS) is 21.8. The van der Waals surface area contributed by atoms with Crippen LogP contribution in [-0.2, 0) is 0 Å². The molecule has 0 radical (unpaired) electrons. The average molecular weight is 176 g/mol. The van der Waals surface area contributed by atoms with Crippen LogP contribution in [-0.4, -0.2) is 16.9 Å². The molecular weight excluding hydrogens is 164 g/mol. The van der Waals surface area contributed by atoms with Crippen LogP contribution in [0.5, 0.6) is 0 Å². The highest BCUT2D eigenvalue weighted by Crippen LogP contribution is 2.21. The highest BCUT2D eigenvalue weighted by molar-refractivity contribution is 5.84. The van der Waals surface area contributed by atoms with Crippen molar-refractivity contribution in [3.8, 4) is 0 Å². The van der Waals surface area contributed by atoms with Crippen molar-refractivity contribution in [2.75, 3.05) is 5.01 Å². The van der Waals surface area contributed by atoms with Gasteiger partial charge in [0.15, 0.2) is 0 Å². The summed E-state index contributed by atoms with van der Waals surface area (Å²) >= 11 is 0. The van der Waals surface area contributed by atoms with E-state index in [4.69, 9.17) is 5.73 Å². The molecule has 13 heavy (non-hydrogen) atoms. The third kappa shape index (κ3) is 1.47. The fraction of sp³-hybridized carbons (Fsp3) is 0.333. The Balaban J connectivity index is 2.27. The molecule has 0 fully saturated rings. The molecule has 1 aromatic heterocycles. The maximum absolute atomic E-state index is 5.65. The van der Waals surface area contributed by atoms with Crippen LogP contribution in [0.25, 0.3) is 0 Å². The first kappa shape index (κ1) is 8.04. The molecule has 2 heterocycles. The molecule has 0 bridgehead atoms. The minimum Gasteiger partial charge on any atom is -0.386 e. The standard InChI is InChI=1S/C9H12N4/c1-7-6-9(10)12-13(7)8-2-4-11-5-3-8/h2-5,7H,6H2,1H3,(H2,10,12). The van der Waals surface area contributed by atoms with Gasteiger partial charge in [0.2, 0.25) is 0 Å². The Morgan fingerprint density at radius 2 is 2.15 bits per heavy atom. The van der Waals surface area contributed by atoms with Crippen LogP contribution >= 0.6 is 0 Å². The van der Waals surface area contributed by atoms with Crippen molar-refractivity contribution >= 4 is 11.5 Å². The van der Waals surface area contributed by atoms with Gasteiger partial charge in [-0.2, -0.15) is 5.10 Å². The molecule has 1 unspecified atom stereocenters. The summed E-state index contributed by atoms with van der Waals surface area (Å²) in [6, 6.07) is 4.21. The zero-order valence-corrected chi connectivity index (χ0v) is 7.51. The Bertz CT molecular complexity index is 320. The van der Waals surface area contributed by atoms with Gasteiger partial charge in [0, 0.05) is 18.8 Å². The molecule has 2 rings (SSSR count). The summed E-state index contributed by atoms with van der Waals surface area (Å²) in [4.78, 5) is 3.95. The third-order valence-corrected chi connectivity index (χ3v) is 2.09. The SMILES string of the molecule is CC1CC(N)=NN1c1ccncc1. The second kappa shape index (κ2) is 3.05. The summed E-state index contributed by atoms with van der Waals surface area (Å²) in [5.74, 6) is 0.698. The lowest BCUT2D eigenvalue weighted by atomic mass is 10.2. The summed E-state index contributed by atoms with van der Waals surface area (Å²) in [5, 5.41) is 6.17. The molecule has 0 spiro atoms. The predicted octanol–water partition coefficient (Wildman–Crippen LogP) is 0.952. The van der Waals surface area contributed by atoms with Gasteiger partial charge in [-0.25, -0.2) is 0 Å². The molecule has 0 saturated heterocycles. The van der Waals surface area contributed by atoms with Crippen LogP contribution < -0.4 is 10.7 Å². The van der Waals surface area contributed by atoms with Crippen molar-refractivity contribution in [2.45, 2.75) is 19.4 Å². The van der Waals surface area contributed by atoms with Crippen molar-refractivity contribution in [1.29, 1.82) is 0 Å². The van der Waals surface area contributed by atoms with E-state index in [1.54, 1.807) is 12.4 Å². The van der Waals surface area contributed by atoms with Gasteiger partial charge in [0.1, 0.15) is 5.84 Å². The van der Waals surface area contributed by atoms with E-state index < -0.39 is 0 Å². The lowest BCUT2D eigenvalue weighted by Gasteiger charge is -2.18. The average Bonchev–Trinajstić information content (AvgIpc) is 2.47. The molecule has 4 heteroatoms. The van der Waals surface area contributed by atoms with Crippen LogP contribution in [0, 0.1) is 0 Å². The minimum atomic E-state index is 0.349. The highest BCUT2D eigenvalue weighted by atomic mass is 15.5. The number of nitrogens with two attached hydrogens (primary N) is 1. The number of anilines is 1. The Morgan fingerprint density at radius 1 is 1.46 bits per heavy atom. The number of hydrogen-bond acceptors (Lipinski definition) is 4. The molecule has 1 aliphatic rings. The smallest absolute Gasteiger partial charge is 0.122 e. The van der Waals surface area contributed by atoms with Crippen molar-refractivity contribution < 1.29 is 0 Å². The maximum Gasteiger partial charge on any atom is 0.122 e. The predicted molar refractivity (Wildman–Crippen MR) is 52.4 cm³/mol. The van der Waals surface area contributed by atoms with Gasteiger partial charge >= 0.3 is 0 Å². The number of hydrazone groups is 1. The van der Waals surface area contributed by atoms with Crippen molar-refractivity contribution in [3.05, 3.63) is 24.5 Å². The molecule has 1 atom stereocenters. The number of pyridine rings is 1. The lowest BCUT2D eigenvalue weighted by Crippen LogP contribution is -2.22. The van der Waals surface area contributed by atoms with E-state index in [0.717, 1.165) is 12.1 Å². The lowest BCUT2D eigenvalue weighted by molar-refractivity contribution is 0.723. The largest absolute Gasteiger partial charge is 0.386 e. The Morgan fingerprint density at radius 3 is 2.69 bits per heavy atom.